The van der Waals surface area contributed by atoms with Crippen LogP contribution in [0.25, 0.3) is 0 Å². The molecule has 106 valence electrons. The Morgan fingerprint density at radius 1 is 1.32 bits per heavy atom. The summed E-state index contributed by atoms with van der Waals surface area (Å²) >= 11 is 0. The average Bonchev–Trinajstić information content (AvgIpc) is 2.44. The molecule has 0 fully saturated rings. The van der Waals surface area contributed by atoms with Crippen molar-refractivity contribution in [3.05, 3.63) is 30.3 Å². The van der Waals surface area contributed by atoms with Gasteiger partial charge in [0.05, 0.1) is 4.90 Å². The number of hydrogen-bond donors (Lipinski definition) is 3. The van der Waals surface area contributed by atoms with Crippen molar-refractivity contribution >= 4 is 15.9 Å². The molecule has 0 saturated heterocycles. The van der Waals surface area contributed by atoms with Crippen molar-refractivity contribution in [1.82, 2.24) is 10.2 Å². The Kier molecular flexibility index (Phi) is 5.46. The molecule has 0 unspecified atom stereocenters. The number of carbonyl (C=O) groups is 1. The summed E-state index contributed by atoms with van der Waals surface area (Å²) in [4.78, 5) is 11.6. The molecule has 19 heavy (non-hydrogen) atoms. The number of amides is 1. The number of benzene rings is 1. The van der Waals surface area contributed by atoms with Gasteiger partial charge in [-0.15, -0.1) is 0 Å². The second kappa shape index (κ2) is 6.65. The monoisotopic (exact) mass is 286 g/mol. The van der Waals surface area contributed by atoms with Gasteiger partial charge in [-0.2, -0.15) is 4.72 Å². The minimum atomic E-state index is -3.79. The summed E-state index contributed by atoms with van der Waals surface area (Å²) in [6, 6.07) is 6.75. The second-order valence-electron chi connectivity index (χ2n) is 4.27. The Morgan fingerprint density at radius 2 is 1.89 bits per heavy atom. The van der Waals surface area contributed by atoms with E-state index in [2.05, 4.69) is 4.72 Å². The van der Waals surface area contributed by atoms with Crippen molar-refractivity contribution in [3.63, 3.8) is 0 Å². The minimum absolute atomic E-state index is 0.0778. The molecular formula is C12H18N2O4S. The highest BCUT2D eigenvalue weighted by molar-refractivity contribution is 7.89. The Morgan fingerprint density at radius 3 is 2.37 bits per heavy atom. The molecule has 0 spiro atoms. The third-order valence-corrected chi connectivity index (χ3v) is 4.40. The minimum Gasteiger partial charge on any atom is -0.289 e. The summed E-state index contributed by atoms with van der Waals surface area (Å²) in [5.41, 5.74) is 1.49. The standard InChI is InChI=1S/C12H18N2O4S/c1-3-9(2)11(12(15)13-16)14-19(17,18)10-7-5-4-6-8-10/h4-9,11,14,16H,3H2,1-2H3,(H,13,15)/t9-,11-/m0/s1. The van der Waals surface area contributed by atoms with E-state index in [4.69, 9.17) is 5.21 Å². The molecule has 0 aromatic heterocycles. The number of hydrogen-bond acceptors (Lipinski definition) is 4. The molecule has 0 radical (unpaired) electrons. The van der Waals surface area contributed by atoms with Gasteiger partial charge < -0.3 is 0 Å². The van der Waals surface area contributed by atoms with Gasteiger partial charge in [-0.1, -0.05) is 38.5 Å². The van der Waals surface area contributed by atoms with E-state index in [9.17, 15) is 13.2 Å². The zero-order valence-corrected chi connectivity index (χ0v) is 11.6. The van der Waals surface area contributed by atoms with E-state index >= 15 is 0 Å². The highest BCUT2D eigenvalue weighted by Crippen LogP contribution is 2.13. The molecule has 1 aromatic rings. The predicted molar refractivity (Wildman–Crippen MR) is 69.9 cm³/mol. The quantitative estimate of drug-likeness (QED) is 0.534. The van der Waals surface area contributed by atoms with Crippen LogP contribution in [0.5, 0.6) is 0 Å². The molecule has 0 heterocycles. The number of carbonyl (C=O) groups excluding carboxylic acids is 1. The third-order valence-electron chi connectivity index (χ3n) is 2.94. The molecular weight excluding hydrogens is 268 g/mol. The Labute approximate surface area is 112 Å². The first-order chi connectivity index (χ1) is 8.92. The van der Waals surface area contributed by atoms with E-state index in [-0.39, 0.29) is 10.8 Å². The lowest BCUT2D eigenvalue weighted by Crippen LogP contribution is -2.49. The van der Waals surface area contributed by atoms with Crippen LogP contribution in [0, 0.1) is 5.92 Å². The van der Waals surface area contributed by atoms with Crippen LogP contribution in [0.1, 0.15) is 20.3 Å². The van der Waals surface area contributed by atoms with E-state index in [0.717, 1.165) is 0 Å². The fraction of sp³-hybridized carbons (Fsp3) is 0.417. The zero-order chi connectivity index (χ0) is 14.5. The Balaban J connectivity index is 2.99. The molecule has 1 amide bonds. The summed E-state index contributed by atoms with van der Waals surface area (Å²) in [6.45, 7) is 3.56. The van der Waals surface area contributed by atoms with Crippen molar-refractivity contribution in [3.8, 4) is 0 Å². The number of hydroxylamine groups is 1. The third kappa shape index (κ3) is 4.02. The van der Waals surface area contributed by atoms with Crippen molar-refractivity contribution in [2.75, 3.05) is 0 Å². The van der Waals surface area contributed by atoms with Gasteiger partial charge in [0.2, 0.25) is 10.0 Å². The molecule has 2 atom stereocenters. The first kappa shape index (κ1) is 15.6. The lowest BCUT2D eigenvalue weighted by molar-refractivity contribution is -0.132. The van der Waals surface area contributed by atoms with Crippen LogP contribution >= 0.6 is 0 Å². The summed E-state index contributed by atoms with van der Waals surface area (Å²) in [7, 11) is -3.79. The van der Waals surface area contributed by atoms with Crippen LogP contribution in [0.2, 0.25) is 0 Å². The van der Waals surface area contributed by atoms with Crippen LogP contribution in [-0.2, 0) is 14.8 Å². The van der Waals surface area contributed by atoms with Crippen molar-refractivity contribution in [2.24, 2.45) is 5.92 Å². The van der Waals surface area contributed by atoms with Gasteiger partial charge in [-0.3, -0.25) is 10.0 Å². The lowest BCUT2D eigenvalue weighted by atomic mass is 10.00. The lowest BCUT2D eigenvalue weighted by Gasteiger charge is -2.22. The van der Waals surface area contributed by atoms with E-state index in [1.165, 1.54) is 17.6 Å². The molecule has 0 bridgehead atoms. The van der Waals surface area contributed by atoms with Gasteiger partial charge in [-0.25, -0.2) is 13.9 Å². The summed E-state index contributed by atoms with van der Waals surface area (Å²) in [5, 5.41) is 8.68. The Hall–Kier alpha value is -1.44. The maximum atomic E-state index is 12.1. The first-order valence-electron chi connectivity index (χ1n) is 5.93. The topological polar surface area (TPSA) is 95.5 Å². The van der Waals surface area contributed by atoms with Crippen LogP contribution < -0.4 is 10.2 Å². The van der Waals surface area contributed by atoms with Crippen LogP contribution in [0.3, 0.4) is 0 Å². The van der Waals surface area contributed by atoms with E-state index in [1.807, 2.05) is 6.92 Å². The fourth-order valence-electron chi connectivity index (χ4n) is 1.57. The van der Waals surface area contributed by atoms with Crippen LogP contribution in [0.15, 0.2) is 35.2 Å². The van der Waals surface area contributed by atoms with E-state index in [1.54, 1.807) is 25.1 Å². The molecule has 3 N–H and O–H groups in total. The fourth-order valence-corrected chi connectivity index (χ4v) is 2.89. The normalized spacial score (nSPS) is 14.7. The van der Waals surface area contributed by atoms with Crippen molar-refractivity contribution in [1.29, 1.82) is 0 Å². The number of nitrogens with one attached hydrogen (secondary N) is 2. The smallest absolute Gasteiger partial charge is 0.261 e. The molecule has 0 aliphatic heterocycles. The van der Waals surface area contributed by atoms with E-state index < -0.39 is 22.0 Å². The SMILES string of the molecule is CC[C@H](C)[C@H](NS(=O)(=O)c1ccccc1)C(=O)NO. The summed E-state index contributed by atoms with van der Waals surface area (Å²) in [6.07, 6.45) is 0.593. The molecule has 0 aliphatic rings. The highest BCUT2D eigenvalue weighted by Gasteiger charge is 2.29. The number of sulfonamides is 1. The first-order valence-corrected chi connectivity index (χ1v) is 7.42. The van der Waals surface area contributed by atoms with Crippen LogP contribution in [-0.4, -0.2) is 25.6 Å². The summed E-state index contributed by atoms with van der Waals surface area (Å²) in [5.74, 6) is -1.01. The van der Waals surface area contributed by atoms with Gasteiger partial charge in [0.25, 0.3) is 5.91 Å². The zero-order valence-electron chi connectivity index (χ0n) is 10.8. The van der Waals surface area contributed by atoms with Crippen molar-refractivity contribution in [2.45, 2.75) is 31.2 Å². The molecule has 1 aromatic carbocycles. The highest BCUT2D eigenvalue weighted by atomic mass is 32.2. The molecule has 7 heteroatoms. The van der Waals surface area contributed by atoms with Gasteiger partial charge in [-0.05, 0) is 18.1 Å². The van der Waals surface area contributed by atoms with Gasteiger partial charge in [0, 0.05) is 0 Å². The molecule has 0 saturated carbocycles. The second-order valence-corrected chi connectivity index (χ2v) is 5.99. The summed E-state index contributed by atoms with van der Waals surface area (Å²) < 4.78 is 26.5. The largest absolute Gasteiger partial charge is 0.289 e. The average molecular weight is 286 g/mol. The van der Waals surface area contributed by atoms with Gasteiger partial charge in [0.1, 0.15) is 6.04 Å². The predicted octanol–water partition coefficient (Wildman–Crippen LogP) is 0.885. The number of rotatable bonds is 6. The van der Waals surface area contributed by atoms with Gasteiger partial charge in [0.15, 0.2) is 0 Å². The van der Waals surface area contributed by atoms with E-state index in [0.29, 0.717) is 6.42 Å². The van der Waals surface area contributed by atoms with Crippen molar-refractivity contribution < 1.29 is 18.4 Å². The maximum absolute atomic E-state index is 12.1. The molecule has 1 rings (SSSR count). The molecule has 6 nitrogen and oxygen atoms in total. The Bertz CT molecular complexity index is 516. The molecule has 0 aliphatic carbocycles. The van der Waals surface area contributed by atoms with Gasteiger partial charge >= 0.3 is 0 Å². The maximum Gasteiger partial charge on any atom is 0.261 e. The van der Waals surface area contributed by atoms with Crippen LogP contribution in [0.4, 0.5) is 0 Å².